The van der Waals surface area contributed by atoms with Crippen LogP contribution in [0.15, 0.2) is 35.0 Å². The molecular weight excluding hydrogens is 194 g/mol. The van der Waals surface area contributed by atoms with Crippen molar-refractivity contribution in [3.63, 3.8) is 0 Å². The summed E-state index contributed by atoms with van der Waals surface area (Å²) in [5, 5.41) is 3.70. The molecule has 1 N–H and O–H groups in total. The van der Waals surface area contributed by atoms with Crippen LogP contribution in [0.2, 0.25) is 0 Å². The maximum atomic E-state index is 7.25. The first kappa shape index (κ1) is 9.51. The van der Waals surface area contributed by atoms with E-state index in [2.05, 4.69) is 9.79 Å². The Kier molecular flexibility index (Phi) is 2.53. The number of nitrogens with zero attached hydrogens (tertiary/aromatic N) is 2. The molecule has 0 saturated heterocycles. The van der Waals surface area contributed by atoms with E-state index in [1.807, 2.05) is 31.2 Å². The van der Waals surface area contributed by atoms with Gasteiger partial charge in [0, 0.05) is 6.07 Å². The van der Waals surface area contributed by atoms with Gasteiger partial charge in [0.2, 0.25) is 11.5 Å². The average Bonchev–Trinajstić information content (AvgIpc) is 2.66. The molecule has 1 heterocycles. The summed E-state index contributed by atoms with van der Waals surface area (Å²) in [5.74, 6) is 0.736. The van der Waals surface area contributed by atoms with E-state index in [1.54, 1.807) is 0 Å². The molecule has 0 radical (unpaired) electrons. The van der Waals surface area contributed by atoms with Gasteiger partial charge >= 0.3 is 0 Å². The fraction of sp³-hybridized carbons (Fsp3) is 0.200. The molecule has 78 valence electrons. The van der Waals surface area contributed by atoms with Crippen molar-refractivity contribution in [3.8, 4) is 11.4 Å². The number of nitrogens with one attached hydrogen (secondary N) is 1. The first-order chi connectivity index (χ1) is 7.31. The first-order valence-corrected chi connectivity index (χ1v) is 4.63. The molecule has 1 aromatic heterocycles. The van der Waals surface area contributed by atoms with E-state index in [0.29, 0.717) is 6.61 Å². The minimum atomic E-state index is 0.0151. The van der Waals surface area contributed by atoms with E-state index in [9.17, 15) is 0 Å². The largest absolute Gasteiger partial charge is 0.660 e. The normalized spacial score (nSPS) is 10.2. The summed E-state index contributed by atoms with van der Waals surface area (Å²) >= 11 is 0. The van der Waals surface area contributed by atoms with Gasteiger partial charge in [-0.15, -0.1) is 0 Å². The Labute approximate surface area is 87.0 Å². The third-order valence-electron chi connectivity index (χ3n) is 1.88. The summed E-state index contributed by atoms with van der Waals surface area (Å²) < 4.78 is 11.6. The molecule has 0 aliphatic carbocycles. The smallest absolute Gasteiger partial charge is 0.283 e. The Bertz CT molecular complexity index is 453. The number of benzene rings is 1. The molecule has 0 saturated carbocycles. The summed E-state index contributed by atoms with van der Waals surface area (Å²) in [5.41, 5.74) is 8.01. The fourth-order valence-corrected chi connectivity index (χ4v) is 1.28. The van der Waals surface area contributed by atoms with Crippen LogP contribution < -0.4 is 9.42 Å². The van der Waals surface area contributed by atoms with Gasteiger partial charge < -0.3 is 15.0 Å². The molecule has 0 amide bonds. The quantitative estimate of drug-likeness (QED) is 0.720. The number of hydrogen-bond donors (Lipinski definition) is 0. The third kappa shape index (κ3) is 1.90. The molecule has 1 aromatic carbocycles. The zero-order valence-corrected chi connectivity index (χ0v) is 8.30. The van der Waals surface area contributed by atoms with Gasteiger partial charge in [-0.1, -0.05) is 12.1 Å². The van der Waals surface area contributed by atoms with E-state index in [4.69, 9.17) is 10.5 Å². The van der Waals surface area contributed by atoms with Gasteiger partial charge in [-0.05, 0) is 17.7 Å². The van der Waals surface area contributed by atoms with Crippen molar-refractivity contribution < 1.29 is 13.9 Å². The predicted octanol–water partition coefficient (Wildman–Crippen LogP) is 2.03. The lowest BCUT2D eigenvalue weighted by Crippen LogP contribution is -2.31. The second kappa shape index (κ2) is 4.00. The molecule has 0 spiro atoms. The standard InChI is InChI=1S/C10H11N3O2/c1-2-14-9-6-4-3-5-8(9)13-7-10(11)15-12-13/h3-7,11H,2H2,1H3. The zero-order valence-electron chi connectivity index (χ0n) is 8.30. The lowest BCUT2D eigenvalue weighted by molar-refractivity contribution is -0.670. The van der Waals surface area contributed by atoms with Crippen LogP contribution in [0.25, 0.3) is 11.4 Å². The Morgan fingerprint density at radius 3 is 2.93 bits per heavy atom. The highest BCUT2D eigenvalue weighted by atomic mass is 16.5. The van der Waals surface area contributed by atoms with Crippen molar-refractivity contribution in [2.45, 2.75) is 6.92 Å². The van der Waals surface area contributed by atoms with Gasteiger partial charge in [0.15, 0.2) is 5.75 Å². The highest BCUT2D eigenvalue weighted by molar-refractivity contribution is 5.39. The highest BCUT2D eigenvalue weighted by Gasteiger charge is 2.16. The molecule has 0 aliphatic rings. The van der Waals surface area contributed by atoms with Crippen molar-refractivity contribution in [3.05, 3.63) is 36.2 Å². The van der Waals surface area contributed by atoms with Crippen molar-refractivity contribution in [2.24, 2.45) is 0 Å². The lowest BCUT2D eigenvalue weighted by Gasteiger charge is -2.01. The van der Waals surface area contributed by atoms with Crippen LogP contribution in [-0.4, -0.2) is 11.9 Å². The van der Waals surface area contributed by atoms with Crippen LogP contribution in [0, 0.1) is 0 Å². The van der Waals surface area contributed by atoms with Gasteiger partial charge in [0.1, 0.15) is 5.88 Å². The molecule has 5 heteroatoms. The second-order valence-corrected chi connectivity index (χ2v) is 2.91. The summed E-state index contributed by atoms with van der Waals surface area (Å²) in [6.07, 6.45) is 1.48. The Morgan fingerprint density at radius 2 is 2.27 bits per heavy atom. The second-order valence-electron chi connectivity index (χ2n) is 2.91. The molecule has 2 rings (SSSR count). The number of para-hydroxylation sites is 2. The van der Waals surface area contributed by atoms with Gasteiger partial charge in [-0.2, -0.15) is 0 Å². The van der Waals surface area contributed by atoms with Crippen molar-refractivity contribution in [1.29, 1.82) is 0 Å². The SMILES string of the molecule is CCOc1ccccc1-[n+]1cc([NH-])on1. The van der Waals surface area contributed by atoms with Crippen molar-refractivity contribution >= 4 is 5.88 Å². The number of rotatable bonds is 3. The van der Waals surface area contributed by atoms with Crippen LogP contribution in [0.3, 0.4) is 0 Å². The minimum Gasteiger partial charge on any atom is -0.660 e. The summed E-state index contributed by atoms with van der Waals surface area (Å²) in [6, 6.07) is 7.47. The van der Waals surface area contributed by atoms with Crippen LogP contribution in [0.1, 0.15) is 6.92 Å². The van der Waals surface area contributed by atoms with E-state index >= 15 is 0 Å². The molecule has 0 fully saturated rings. The molecule has 2 aromatic rings. The fourth-order valence-electron chi connectivity index (χ4n) is 1.28. The molecule has 0 bridgehead atoms. The van der Waals surface area contributed by atoms with E-state index in [0.717, 1.165) is 11.4 Å². The maximum absolute atomic E-state index is 7.25. The van der Waals surface area contributed by atoms with E-state index in [1.165, 1.54) is 10.9 Å². The zero-order chi connectivity index (χ0) is 10.7. The summed E-state index contributed by atoms with van der Waals surface area (Å²) in [6.45, 7) is 2.50. The van der Waals surface area contributed by atoms with Gasteiger partial charge in [-0.3, -0.25) is 0 Å². The Hall–Kier alpha value is -2.04. The number of hydrogen-bond acceptors (Lipinski definition) is 3. The monoisotopic (exact) mass is 205 g/mol. The molecular formula is C10H11N3O2. The van der Waals surface area contributed by atoms with Gasteiger partial charge in [0.25, 0.3) is 5.69 Å². The van der Waals surface area contributed by atoms with Crippen LogP contribution in [0.4, 0.5) is 5.88 Å². The molecule has 5 nitrogen and oxygen atoms in total. The summed E-state index contributed by atoms with van der Waals surface area (Å²) in [4.78, 5) is 0. The summed E-state index contributed by atoms with van der Waals surface area (Å²) in [7, 11) is 0. The topological polar surface area (TPSA) is 62.9 Å². The lowest BCUT2D eigenvalue weighted by atomic mass is 10.3. The number of aromatic nitrogens is 2. The van der Waals surface area contributed by atoms with Crippen molar-refractivity contribution in [1.82, 2.24) is 5.27 Å². The molecule has 15 heavy (non-hydrogen) atoms. The number of ether oxygens (including phenoxy) is 1. The van der Waals surface area contributed by atoms with Gasteiger partial charge in [-0.25, -0.2) is 0 Å². The Balaban J connectivity index is 2.42. The molecule has 0 unspecified atom stereocenters. The third-order valence-corrected chi connectivity index (χ3v) is 1.88. The Morgan fingerprint density at radius 1 is 1.47 bits per heavy atom. The van der Waals surface area contributed by atoms with Crippen molar-refractivity contribution in [2.75, 3.05) is 6.61 Å². The maximum Gasteiger partial charge on any atom is 0.283 e. The first-order valence-electron chi connectivity index (χ1n) is 4.63. The van der Waals surface area contributed by atoms with Gasteiger partial charge in [0.05, 0.1) is 6.61 Å². The average molecular weight is 205 g/mol. The minimum absolute atomic E-state index is 0.0151. The van der Waals surface area contributed by atoms with Crippen LogP contribution >= 0.6 is 0 Å². The van der Waals surface area contributed by atoms with E-state index in [-0.39, 0.29) is 5.88 Å². The molecule has 0 aliphatic heterocycles. The van der Waals surface area contributed by atoms with Crippen LogP contribution in [-0.2, 0) is 0 Å². The van der Waals surface area contributed by atoms with E-state index < -0.39 is 0 Å². The highest BCUT2D eigenvalue weighted by Crippen LogP contribution is 2.18. The predicted molar refractivity (Wildman–Crippen MR) is 53.2 cm³/mol. The molecule has 0 atom stereocenters. The van der Waals surface area contributed by atoms with Crippen LogP contribution in [0.5, 0.6) is 5.75 Å².